The molecule has 0 amide bonds. The summed E-state index contributed by atoms with van der Waals surface area (Å²) < 4.78 is 0. The first-order chi connectivity index (χ1) is 13.2. The Hall–Kier alpha value is -3.40. The Labute approximate surface area is 158 Å². The quantitative estimate of drug-likeness (QED) is 0.522. The molecule has 0 spiro atoms. The summed E-state index contributed by atoms with van der Waals surface area (Å²) in [4.78, 5) is 11.7. The van der Waals surface area contributed by atoms with Crippen LogP contribution in [0, 0.1) is 6.92 Å². The Bertz CT molecular complexity index is 1150. The first-order valence-corrected chi connectivity index (χ1v) is 9.19. The number of aryl methyl sites for hydroxylation is 1. The summed E-state index contributed by atoms with van der Waals surface area (Å²) in [6.07, 6.45) is 1.02. The van der Waals surface area contributed by atoms with Gasteiger partial charge >= 0.3 is 0 Å². The van der Waals surface area contributed by atoms with Gasteiger partial charge in [0.25, 0.3) is 0 Å². The van der Waals surface area contributed by atoms with E-state index in [-0.39, 0.29) is 0 Å². The monoisotopic (exact) mass is 352 g/mol. The molecule has 5 rings (SSSR count). The molecular formula is C23H20N4. The van der Waals surface area contributed by atoms with Gasteiger partial charge in [0.1, 0.15) is 11.6 Å². The van der Waals surface area contributed by atoms with Crippen LogP contribution in [0.15, 0.2) is 66.7 Å². The van der Waals surface area contributed by atoms with Crippen LogP contribution in [-0.2, 0) is 6.42 Å². The highest BCUT2D eigenvalue weighted by molar-refractivity contribution is 5.93. The van der Waals surface area contributed by atoms with Gasteiger partial charge in [0, 0.05) is 23.3 Å². The van der Waals surface area contributed by atoms with Crippen molar-refractivity contribution >= 4 is 28.1 Å². The van der Waals surface area contributed by atoms with Gasteiger partial charge in [0.05, 0.1) is 5.52 Å². The Kier molecular flexibility index (Phi) is 3.57. The maximum Gasteiger partial charge on any atom is 0.144 e. The summed E-state index contributed by atoms with van der Waals surface area (Å²) in [6, 6.07) is 22.9. The number of para-hydroxylation sites is 1. The highest BCUT2D eigenvalue weighted by atomic mass is 15.2. The molecule has 2 N–H and O–H groups in total. The average molecular weight is 352 g/mol. The van der Waals surface area contributed by atoms with E-state index in [0.29, 0.717) is 0 Å². The van der Waals surface area contributed by atoms with Gasteiger partial charge in [-0.1, -0.05) is 36.4 Å². The van der Waals surface area contributed by atoms with Gasteiger partial charge in [-0.15, -0.1) is 0 Å². The average Bonchev–Trinajstić information content (AvgIpc) is 3.11. The molecule has 0 aliphatic carbocycles. The fourth-order valence-electron chi connectivity index (χ4n) is 3.83. The number of benzene rings is 3. The van der Waals surface area contributed by atoms with E-state index in [0.717, 1.165) is 41.2 Å². The predicted molar refractivity (Wildman–Crippen MR) is 111 cm³/mol. The summed E-state index contributed by atoms with van der Waals surface area (Å²) in [5.74, 6) is 1.79. The zero-order valence-corrected chi connectivity index (χ0v) is 15.2. The Balaban J connectivity index is 1.65. The SMILES string of the molecule is Cc1nc(N2CCc3ccc(-c4ccc(N)cc4)cc32)c2ccccc2n1. The van der Waals surface area contributed by atoms with E-state index in [4.69, 9.17) is 10.7 Å². The molecule has 27 heavy (non-hydrogen) atoms. The second kappa shape index (κ2) is 6.09. The number of hydrogen-bond donors (Lipinski definition) is 1. The first-order valence-electron chi connectivity index (χ1n) is 9.19. The van der Waals surface area contributed by atoms with E-state index in [2.05, 4.69) is 52.3 Å². The van der Waals surface area contributed by atoms with Crippen LogP contribution in [0.4, 0.5) is 17.2 Å². The lowest BCUT2D eigenvalue weighted by atomic mass is 10.0. The van der Waals surface area contributed by atoms with Gasteiger partial charge in [-0.3, -0.25) is 0 Å². The Morgan fingerprint density at radius 1 is 0.889 bits per heavy atom. The number of hydrogen-bond acceptors (Lipinski definition) is 4. The minimum absolute atomic E-state index is 0.782. The van der Waals surface area contributed by atoms with E-state index >= 15 is 0 Å². The largest absolute Gasteiger partial charge is 0.399 e. The van der Waals surface area contributed by atoms with Crippen LogP contribution >= 0.6 is 0 Å². The Morgan fingerprint density at radius 3 is 2.52 bits per heavy atom. The third-order valence-electron chi connectivity index (χ3n) is 5.18. The van der Waals surface area contributed by atoms with Crippen molar-refractivity contribution < 1.29 is 0 Å². The number of nitrogens with zero attached hydrogens (tertiary/aromatic N) is 3. The van der Waals surface area contributed by atoms with Gasteiger partial charge in [-0.05, 0) is 60.4 Å². The van der Waals surface area contributed by atoms with Crippen LogP contribution in [0.25, 0.3) is 22.0 Å². The second-order valence-electron chi connectivity index (χ2n) is 6.98. The number of fused-ring (bicyclic) bond motifs is 2. The lowest BCUT2D eigenvalue weighted by Gasteiger charge is -2.21. The maximum atomic E-state index is 5.84. The predicted octanol–water partition coefficient (Wildman–Crippen LogP) is 4.88. The van der Waals surface area contributed by atoms with Gasteiger partial charge in [0.15, 0.2) is 0 Å². The van der Waals surface area contributed by atoms with Gasteiger partial charge in [0.2, 0.25) is 0 Å². The summed E-state index contributed by atoms with van der Waals surface area (Å²) in [7, 11) is 0. The first kappa shape index (κ1) is 15.8. The molecule has 0 fully saturated rings. The molecule has 3 aromatic carbocycles. The molecule has 132 valence electrons. The molecule has 1 aliphatic heterocycles. The number of rotatable bonds is 2. The number of anilines is 3. The molecule has 0 bridgehead atoms. The van der Waals surface area contributed by atoms with E-state index in [1.807, 2.05) is 31.2 Å². The van der Waals surface area contributed by atoms with Crippen molar-refractivity contribution in [3.63, 3.8) is 0 Å². The number of nitrogen functional groups attached to an aromatic ring is 1. The van der Waals surface area contributed by atoms with Crippen LogP contribution < -0.4 is 10.6 Å². The maximum absolute atomic E-state index is 5.84. The summed E-state index contributed by atoms with van der Waals surface area (Å²) in [5, 5.41) is 1.09. The van der Waals surface area contributed by atoms with Crippen LogP contribution in [0.1, 0.15) is 11.4 Å². The zero-order valence-electron chi connectivity index (χ0n) is 15.2. The second-order valence-corrected chi connectivity index (χ2v) is 6.98. The minimum Gasteiger partial charge on any atom is -0.399 e. The molecule has 0 unspecified atom stereocenters. The smallest absolute Gasteiger partial charge is 0.144 e. The summed E-state index contributed by atoms with van der Waals surface area (Å²) >= 11 is 0. The zero-order chi connectivity index (χ0) is 18.4. The van der Waals surface area contributed by atoms with Crippen molar-refractivity contribution in [1.29, 1.82) is 0 Å². The van der Waals surface area contributed by atoms with Gasteiger partial charge in [-0.2, -0.15) is 0 Å². The van der Waals surface area contributed by atoms with Crippen LogP contribution in [0.5, 0.6) is 0 Å². The molecule has 4 nitrogen and oxygen atoms in total. The van der Waals surface area contributed by atoms with E-state index < -0.39 is 0 Å². The highest BCUT2D eigenvalue weighted by Crippen LogP contribution is 2.39. The van der Waals surface area contributed by atoms with Gasteiger partial charge < -0.3 is 10.6 Å². The topological polar surface area (TPSA) is 55.0 Å². The van der Waals surface area contributed by atoms with Crippen molar-refractivity contribution in [2.75, 3.05) is 17.2 Å². The van der Waals surface area contributed by atoms with E-state index in [9.17, 15) is 0 Å². The van der Waals surface area contributed by atoms with Crippen molar-refractivity contribution in [3.05, 3.63) is 78.1 Å². The molecule has 0 radical (unpaired) electrons. The number of aromatic nitrogens is 2. The van der Waals surface area contributed by atoms with Crippen molar-refractivity contribution in [3.8, 4) is 11.1 Å². The lowest BCUT2D eigenvalue weighted by molar-refractivity contribution is 0.960. The standard InChI is InChI=1S/C23H20N4/c1-15-25-21-5-3-2-4-20(21)23(26-15)27-13-12-17-6-7-18(14-22(17)27)16-8-10-19(24)11-9-16/h2-11,14H,12-13,24H2,1H3. The molecule has 1 aliphatic rings. The summed E-state index contributed by atoms with van der Waals surface area (Å²) in [5.41, 5.74) is 12.6. The molecule has 4 aromatic rings. The fourth-order valence-corrected chi connectivity index (χ4v) is 3.83. The third kappa shape index (κ3) is 2.70. The Morgan fingerprint density at radius 2 is 1.67 bits per heavy atom. The van der Waals surface area contributed by atoms with E-state index in [1.165, 1.54) is 22.4 Å². The van der Waals surface area contributed by atoms with Crippen molar-refractivity contribution in [2.24, 2.45) is 0 Å². The summed E-state index contributed by atoms with van der Waals surface area (Å²) in [6.45, 7) is 2.89. The lowest BCUT2D eigenvalue weighted by Crippen LogP contribution is -2.16. The molecule has 0 atom stereocenters. The molecule has 0 saturated heterocycles. The molecule has 0 saturated carbocycles. The third-order valence-corrected chi connectivity index (χ3v) is 5.18. The van der Waals surface area contributed by atoms with Crippen LogP contribution in [0.2, 0.25) is 0 Å². The molecule has 2 heterocycles. The minimum atomic E-state index is 0.782. The van der Waals surface area contributed by atoms with E-state index in [1.54, 1.807) is 0 Å². The van der Waals surface area contributed by atoms with Crippen molar-refractivity contribution in [1.82, 2.24) is 9.97 Å². The highest BCUT2D eigenvalue weighted by Gasteiger charge is 2.24. The van der Waals surface area contributed by atoms with Gasteiger partial charge in [-0.25, -0.2) is 9.97 Å². The van der Waals surface area contributed by atoms with Crippen LogP contribution in [-0.4, -0.2) is 16.5 Å². The molecule has 4 heteroatoms. The normalized spacial score (nSPS) is 13.1. The van der Waals surface area contributed by atoms with Crippen LogP contribution in [0.3, 0.4) is 0 Å². The molecule has 1 aromatic heterocycles. The number of nitrogens with two attached hydrogens (primary N) is 1. The van der Waals surface area contributed by atoms with Crippen molar-refractivity contribution in [2.45, 2.75) is 13.3 Å². The fraction of sp³-hybridized carbons (Fsp3) is 0.130. The molecular weight excluding hydrogens is 332 g/mol.